The highest BCUT2D eigenvalue weighted by Crippen LogP contribution is 2.31. The number of nitrogens with zero attached hydrogens (tertiary/aromatic N) is 4. The fourth-order valence-electron chi connectivity index (χ4n) is 3.97. The van der Waals surface area contributed by atoms with Gasteiger partial charge in [0.05, 0.1) is 13.1 Å². The van der Waals surface area contributed by atoms with Gasteiger partial charge in [0.2, 0.25) is 5.91 Å². The Balaban J connectivity index is 1.43. The zero-order valence-corrected chi connectivity index (χ0v) is 15.0. The number of benzene rings is 1. The van der Waals surface area contributed by atoms with Crippen LogP contribution in [0.15, 0.2) is 29.4 Å². The first-order chi connectivity index (χ1) is 12.4. The molecule has 0 N–H and O–H groups in total. The van der Waals surface area contributed by atoms with Gasteiger partial charge >= 0.3 is 0 Å². The highest BCUT2D eigenvalue weighted by atomic mass is 19.3. The van der Waals surface area contributed by atoms with Crippen LogP contribution in [0.25, 0.3) is 0 Å². The Morgan fingerprint density at radius 1 is 1.31 bits per heavy atom. The Morgan fingerprint density at radius 3 is 2.77 bits per heavy atom. The van der Waals surface area contributed by atoms with Gasteiger partial charge in [0.1, 0.15) is 18.5 Å². The summed E-state index contributed by atoms with van der Waals surface area (Å²) in [6.45, 7) is 2.98. The largest absolute Gasteiger partial charge is 0.335 e. The first-order valence-electron chi connectivity index (χ1n) is 9.22. The van der Waals surface area contributed by atoms with Crippen molar-refractivity contribution in [3.8, 4) is 0 Å². The molecule has 0 aromatic heterocycles. The smallest absolute Gasteiger partial charge is 0.267 e. The van der Waals surface area contributed by atoms with Crippen LogP contribution >= 0.6 is 0 Å². The number of halogens is 2. The standard InChI is InChI=1S/C19H24F2N4O/c1-14-5-7-15(8-6-14)11-24-13-25-16(3-2-4-17(25)22-24)18(26)23-10-9-19(20,21)12-23/h5-8,16H,2-4,9-13H2,1H3. The summed E-state index contributed by atoms with van der Waals surface area (Å²) in [5.41, 5.74) is 2.38. The fraction of sp³-hybridized carbons (Fsp3) is 0.579. The van der Waals surface area contributed by atoms with Gasteiger partial charge < -0.3 is 9.80 Å². The molecule has 0 aliphatic carbocycles. The molecule has 1 unspecified atom stereocenters. The summed E-state index contributed by atoms with van der Waals surface area (Å²) in [7, 11) is 0. The second-order valence-electron chi connectivity index (χ2n) is 7.55. The van der Waals surface area contributed by atoms with Gasteiger partial charge in [-0.1, -0.05) is 29.8 Å². The highest BCUT2D eigenvalue weighted by molar-refractivity contribution is 5.92. The second kappa shape index (κ2) is 6.52. The number of amidine groups is 1. The fourth-order valence-corrected chi connectivity index (χ4v) is 3.97. The first kappa shape index (κ1) is 17.2. The van der Waals surface area contributed by atoms with Gasteiger partial charge in [-0.3, -0.25) is 9.80 Å². The average molecular weight is 362 g/mol. The second-order valence-corrected chi connectivity index (χ2v) is 7.55. The molecule has 4 rings (SSSR count). The number of alkyl halides is 2. The zero-order valence-electron chi connectivity index (χ0n) is 15.0. The molecule has 1 aromatic carbocycles. The van der Waals surface area contributed by atoms with Crippen LogP contribution in [0.2, 0.25) is 0 Å². The molecule has 1 aromatic rings. The minimum atomic E-state index is -2.75. The van der Waals surface area contributed by atoms with Crippen molar-refractivity contribution in [3.63, 3.8) is 0 Å². The third-order valence-corrected chi connectivity index (χ3v) is 5.41. The number of carbonyl (C=O) groups is 1. The number of fused-ring (bicyclic) bond motifs is 1. The lowest BCUT2D eigenvalue weighted by atomic mass is 10.0. The molecule has 2 saturated heterocycles. The molecule has 26 heavy (non-hydrogen) atoms. The maximum Gasteiger partial charge on any atom is 0.267 e. The monoisotopic (exact) mass is 362 g/mol. The summed E-state index contributed by atoms with van der Waals surface area (Å²) in [4.78, 5) is 16.2. The number of hydrogen-bond acceptors (Lipinski definition) is 4. The minimum absolute atomic E-state index is 0.149. The molecular weight excluding hydrogens is 338 g/mol. The molecule has 0 bridgehead atoms. The molecule has 0 radical (unpaired) electrons. The third-order valence-electron chi connectivity index (χ3n) is 5.41. The molecule has 0 spiro atoms. The van der Waals surface area contributed by atoms with Gasteiger partial charge in [-0.2, -0.15) is 5.10 Å². The highest BCUT2D eigenvalue weighted by Gasteiger charge is 2.45. The van der Waals surface area contributed by atoms with Crippen molar-refractivity contribution < 1.29 is 13.6 Å². The Morgan fingerprint density at radius 2 is 2.08 bits per heavy atom. The van der Waals surface area contributed by atoms with Crippen LogP contribution in [-0.2, 0) is 11.3 Å². The molecule has 1 amide bonds. The molecule has 3 aliphatic rings. The topological polar surface area (TPSA) is 39.1 Å². The van der Waals surface area contributed by atoms with Gasteiger partial charge in [-0.25, -0.2) is 8.78 Å². The van der Waals surface area contributed by atoms with Crippen LogP contribution in [0.5, 0.6) is 0 Å². The predicted octanol–water partition coefficient (Wildman–Crippen LogP) is 2.80. The molecule has 5 nitrogen and oxygen atoms in total. The van der Waals surface area contributed by atoms with E-state index < -0.39 is 12.5 Å². The zero-order chi connectivity index (χ0) is 18.3. The maximum atomic E-state index is 13.5. The van der Waals surface area contributed by atoms with Gasteiger partial charge in [-0.05, 0) is 25.3 Å². The maximum absolute atomic E-state index is 13.5. The van der Waals surface area contributed by atoms with E-state index in [9.17, 15) is 13.6 Å². The van der Waals surface area contributed by atoms with Crippen molar-refractivity contribution in [2.75, 3.05) is 19.8 Å². The Kier molecular flexibility index (Phi) is 4.32. The van der Waals surface area contributed by atoms with Crippen LogP contribution in [0.1, 0.15) is 36.8 Å². The van der Waals surface area contributed by atoms with Crippen LogP contribution in [-0.4, -0.2) is 58.3 Å². The summed E-state index contributed by atoms with van der Waals surface area (Å²) < 4.78 is 27.0. The average Bonchev–Trinajstić information content (AvgIpc) is 3.18. The van der Waals surface area contributed by atoms with Crippen LogP contribution in [0.4, 0.5) is 8.78 Å². The molecule has 3 heterocycles. The van der Waals surface area contributed by atoms with Crippen LogP contribution in [0, 0.1) is 6.92 Å². The number of rotatable bonds is 3. The number of likely N-dealkylation sites (tertiary alicyclic amines) is 1. The van der Waals surface area contributed by atoms with E-state index >= 15 is 0 Å². The number of hydrogen-bond donors (Lipinski definition) is 0. The predicted molar refractivity (Wildman–Crippen MR) is 94.6 cm³/mol. The number of hydrazone groups is 1. The number of piperidine rings is 1. The molecule has 0 saturated carbocycles. The molecule has 7 heteroatoms. The van der Waals surface area contributed by atoms with E-state index in [2.05, 4.69) is 36.3 Å². The van der Waals surface area contributed by atoms with Crippen LogP contribution in [0.3, 0.4) is 0 Å². The molecule has 140 valence electrons. The number of amides is 1. The lowest BCUT2D eigenvalue weighted by Gasteiger charge is -2.35. The molecular formula is C19H24F2N4O. The summed E-state index contributed by atoms with van der Waals surface area (Å²) in [6, 6.07) is 7.96. The van der Waals surface area contributed by atoms with E-state index in [0.29, 0.717) is 19.6 Å². The van der Waals surface area contributed by atoms with E-state index in [0.717, 1.165) is 18.7 Å². The van der Waals surface area contributed by atoms with Gasteiger partial charge in [0.15, 0.2) is 0 Å². The first-order valence-corrected chi connectivity index (χ1v) is 9.22. The van der Waals surface area contributed by atoms with Crippen molar-refractivity contribution in [3.05, 3.63) is 35.4 Å². The summed E-state index contributed by atoms with van der Waals surface area (Å²) in [5, 5.41) is 6.64. The van der Waals surface area contributed by atoms with Crippen molar-refractivity contribution >= 4 is 11.7 Å². The van der Waals surface area contributed by atoms with E-state index in [1.165, 1.54) is 16.0 Å². The number of carbonyl (C=O) groups excluding carboxylic acids is 1. The lowest BCUT2D eigenvalue weighted by Crippen LogP contribution is -2.52. The summed E-state index contributed by atoms with van der Waals surface area (Å²) >= 11 is 0. The van der Waals surface area contributed by atoms with E-state index in [-0.39, 0.29) is 24.9 Å². The van der Waals surface area contributed by atoms with E-state index in [1.54, 1.807) is 0 Å². The Hall–Kier alpha value is -2.18. The molecule has 1 atom stereocenters. The minimum Gasteiger partial charge on any atom is -0.335 e. The van der Waals surface area contributed by atoms with Crippen LogP contribution < -0.4 is 0 Å². The third kappa shape index (κ3) is 3.39. The van der Waals surface area contributed by atoms with Crippen molar-refractivity contribution in [2.45, 2.75) is 51.1 Å². The summed E-state index contributed by atoms with van der Waals surface area (Å²) in [5.74, 6) is -2.01. The van der Waals surface area contributed by atoms with E-state index in [4.69, 9.17) is 0 Å². The van der Waals surface area contributed by atoms with Gasteiger partial charge in [0.25, 0.3) is 5.92 Å². The van der Waals surface area contributed by atoms with E-state index in [1.807, 2.05) is 9.91 Å². The number of aryl methyl sites for hydroxylation is 1. The Bertz CT molecular complexity index is 719. The lowest BCUT2D eigenvalue weighted by molar-refractivity contribution is -0.137. The van der Waals surface area contributed by atoms with Crippen molar-refractivity contribution in [1.29, 1.82) is 0 Å². The van der Waals surface area contributed by atoms with Crippen molar-refractivity contribution in [2.24, 2.45) is 5.10 Å². The quantitative estimate of drug-likeness (QED) is 0.830. The normalized spacial score (nSPS) is 24.7. The summed E-state index contributed by atoms with van der Waals surface area (Å²) in [6.07, 6.45) is 2.18. The molecule has 2 fully saturated rings. The Labute approximate surface area is 152 Å². The van der Waals surface area contributed by atoms with Gasteiger partial charge in [0, 0.05) is 19.4 Å². The SMILES string of the molecule is Cc1ccc(CN2CN3C(=N2)CCCC3C(=O)N2CCC(F)(F)C2)cc1. The van der Waals surface area contributed by atoms with Crippen molar-refractivity contribution in [1.82, 2.24) is 14.8 Å². The van der Waals surface area contributed by atoms with Gasteiger partial charge in [-0.15, -0.1) is 0 Å². The molecule has 3 aliphatic heterocycles.